The topological polar surface area (TPSA) is 9.23 Å². The van der Waals surface area contributed by atoms with Crippen LogP contribution in [0.2, 0.25) is 5.02 Å². The number of benzene rings is 1. The standard InChI is InChI=1S/C13H16Cl2O/c1-16-13-8-10(5-6-12(13)15)9-3-2-4-11(14)7-9/h5-6,8-9,11H,2-4,7H2,1H3. The van der Waals surface area contributed by atoms with Gasteiger partial charge in [-0.3, -0.25) is 0 Å². The Hall–Kier alpha value is -0.400. The summed E-state index contributed by atoms with van der Waals surface area (Å²) < 4.78 is 5.24. The molecular weight excluding hydrogens is 243 g/mol. The molecular formula is C13H16Cl2O. The second-order valence-electron chi connectivity index (χ2n) is 4.35. The van der Waals surface area contributed by atoms with Gasteiger partial charge in [-0.05, 0) is 42.9 Å². The van der Waals surface area contributed by atoms with Gasteiger partial charge in [0.25, 0.3) is 0 Å². The molecule has 1 aliphatic carbocycles. The Morgan fingerprint density at radius 2 is 2.12 bits per heavy atom. The van der Waals surface area contributed by atoms with Gasteiger partial charge in [0.2, 0.25) is 0 Å². The van der Waals surface area contributed by atoms with Crippen LogP contribution < -0.4 is 4.74 Å². The lowest BCUT2D eigenvalue weighted by atomic mass is 9.84. The van der Waals surface area contributed by atoms with Crippen molar-refractivity contribution < 1.29 is 4.74 Å². The van der Waals surface area contributed by atoms with Crippen LogP contribution >= 0.6 is 23.2 Å². The largest absolute Gasteiger partial charge is 0.495 e. The number of alkyl halides is 1. The molecule has 0 bridgehead atoms. The number of hydrogen-bond acceptors (Lipinski definition) is 1. The zero-order chi connectivity index (χ0) is 11.5. The number of halogens is 2. The summed E-state index contributed by atoms with van der Waals surface area (Å²) in [6.45, 7) is 0. The second-order valence-corrected chi connectivity index (χ2v) is 5.38. The van der Waals surface area contributed by atoms with Crippen molar-refractivity contribution in [2.24, 2.45) is 0 Å². The molecule has 0 spiro atoms. The number of ether oxygens (including phenoxy) is 1. The van der Waals surface area contributed by atoms with Crippen LogP contribution in [-0.4, -0.2) is 12.5 Å². The van der Waals surface area contributed by atoms with Crippen LogP contribution in [0.4, 0.5) is 0 Å². The van der Waals surface area contributed by atoms with E-state index in [1.807, 2.05) is 12.1 Å². The zero-order valence-corrected chi connectivity index (χ0v) is 10.9. The summed E-state index contributed by atoms with van der Waals surface area (Å²) in [4.78, 5) is 0. The molecule has 0 aliphatic heterocycles. The first-order chi connectivity index (χ1) is 7.70. The van der Waals surface area contributed by atoms with Gasteiger partial charge in [0.05, 0.1) is 12.1 Å². The fourth-order valence-electron chi connectivity index (χ4n) is 2.36. The first-order valence-electron chi connectivity index (χ1n) is 5.68. The summed E-state index contributed by atoms with van der Waals surface area (Å²) in [5.41, 5.74) is 1.30. The van der Waals surface area contributed by atoms with Crippen LogP contribution in [0.1, 0.15) is 37.2 Å². The number of hydrogen-bond donors (Lipinski definition) is 0. The molecule has 2 rings (SSSR count). The molecule has 0 saturated heterocycles. The lowest BCUT2D eigenvalue weighted by Crippen LogP contribution is -2.13. The molecule has 1 saturated carbocycles. The smallest absolute Gasteiger partial charge is 0.137 e. The molecule has 0 heterocycles. The summed E-state index contributed by atoms with van der Waals surface area (Å²) in [6, 6.07) is 6.04. The first kappa shape index (κ1) is 12.1. The summed E-state index contributed by atoms with van der Waals surface area (Å²) in [5.74, 6) is 1.32. The predicted octanol–water partition coefficient (Wildman–Crippen LogP) is 4.61. The second kappa shape index (κ2) is 5.29. The van der Waals surface area contributed by atoms with E-state index in [1.165, 1.54) is 18.4 Å². The minimum atomic E-state index is 0.320. The minimum absolute atomic E-state index is 0.320. The predicted molar refractivity (Wildman–Crippen MR) is 68.9 cm³/mol. The molecule has 2 unspecified atom stereocenters. The van der Waals surface area contributed by atoms with E-state index in [9.17, 15) is 0 Å². The molecule has 1 aromatic carbocycles. The normalized spacial score (nSPS) is 25.4. The molecule has 0 radical (unpaired) electrons. The van der Waals surface area contributed by atoms with Gasteiger partial charge in [0, 0.05) is 5.38 Å². The van der Waals surface area contributed by atoms with Crippen molar-refractivity contribution in [1.29, 1.82) is 0 Å². The van der Waals surface area contributed by atoms with Crippen molar-refractivity contribution in [3.8, 4) is 5.75 Å². The Balaban J connectivity index is 2.19. The molecule has 16 heavy (non-hydrogen) atoms. The lowest BCUT2D eigenvalue weighted by molar-refractivity contribution is 0.410. The number of rotatable bonds is 2. The van der Waals surface area contributed by atoms with Gasteiger partial charge in [0.15, 0.2) is 0 Å². The van der Waals surface area contributed by atoms with E-state index in [-0.39, 0.29) is 0 Å². The molecule has 3 heteroatoms. The molecule has 1 fully saturated rings. The summed E-state index contributed by atoms with van der Waals surface area (Å²) in [7, 11) is 1.65. The van der Waals surface area contributed by atoms with Gasteiger partial charge in [-0.2, -0.15) is 0 Å². The van der Waals surface area contributed by atoms with Crippen LogP contribution in [0.25, 0.3) is 0 Å². The molecule has 0 aromatic heterocycles. The zero-order valence-electron chi connectivity index (χ0n) is 9.38. The molecule has 88 valence electrons. The first-order valence-corrected chi connectivity index (χ1v) is 6.49. The quantitative estimate of drug-likeness (QED) is 0.704. The lowest BCUT2D eigenvalue weighted by Gasteiger charge is -2.26. The molecule has 0 amide bonds. The van der Waals surface area contributed by atoms with E-state index < -0.39 is 0 Å². The molecule has 0 N–H and O–H groups in total. The van der Waals surface area contributed by atoms with Crippen molar-refractivity contribution in [2.75, 3.05) is 7.11 Å². The Kier molecular flexibility index (Phi) is 3.99. The highest BCUT2D eigenvalue weighted by molar-refractivity contribution is 6.32. The third-order valence-corrected chi connectivity index (χ3v) is 3.97. The highest BCUT2D eigenvalue weighted by atomic mass is 35.5. The highest BCUT2D eigenvalue weighted by Gasteiger charge is 2.22. The maximum atomic E-state index is 6.21. The van der Waals surface area contributed by atoms with Crippen molar-refractivity contribution in [1.82, 2.24) is 0 Å². The maximum absolute atomic E-state index is 6.21. The average Bonchev–Trinajstić information content (AvgIpc) is 2.29. The van der Waals surface area contributed by atoms with E-state index in [0.29, 0.717) is 16.3 Å². The third-order valence-electron chi connectivity index (χ3n) is 3.26. The van der Waals surface area contributed by atoms with Crippen molar-refractivity contribution in [3.63, 3.8) is 0 Å². The van der Waals surface area contributed by atoms with Crippen LogP contribution in [0, 0.1) is 0 Å². The van der Waals surface area contributed by atoms with Crippen LogP contribution in [0.15, 0.2) is 18.2 Å². The molecule has 1 aromatic rings. The van der Waals surface area contributed by atoms with Crippen LogP contribution in [0.5, 0.6) is 5.75 Å². The maximum Gasteiger partial charge on any atom is 0.137 e. The Morgan fingerprint density at radius 1 is 1.31 bits per heavy atom. The minimum Gasteiger partial charge on any atom is -0.495 e. The summed E-state index contributed by atoms with van der Waals surface area (Å²) in [6.07, 6.45) is 4.63. The van der Waals surface area contributed by atoms with Gasteiger partial charge >= 0.3 is 0 Å². The summed E-state index contributed by atoms with van der Waals surface area (Å²) >= 11 is 12.2. The van der Waals surface area contributed by atoms with Gasteiger partial charge in [-0.25, -0.2) is 0 Å². The van der Waals surface area contributed by atoms with Crippen molar-refractivity contribution in [2.45, 2.75) is 37.0 Å². The van der Waals surface area contributed by atoms with E-state index in [2.05, 4.69) is 6.07 Å². The van der Waals surface area contributed by atoms with E-state index in [0.717, 1.165) is 18.6 Å². The average molecular weight is 259 g/mol. The van der Waals surface area contributed by atoms with Gasteiger partial charge in [-0.1, -0.05) is 24.1 Å². The van der Waals surface area contributed by atoms with Crippen LogP contribution in [0.3, 0.4) is 0 Å². The van der Waals surface area contributed by atoms with Gasteiger partial charge < -0.3 is 4.74 Å². The van der Waals surface area contributed by atoms with Crippen LogP contribution in [-0.2, 0) is 0 Å². The van der Waals surface area contributed by atoms with E-state index >= 15 is 0 Å². The number of methoxy groups -OCH3 is 1. The van der Waals surface area contributed by atoms with Crippen molar-refractivity contribution in [3.05, 3.63) is 28.8 Å². The van der Waals surface area contributed by atoms with E-state index in [4.69, 9.17) is 27.9 Å². The molecule has 1 nitrogen and oxygen atoms in total. The fraction of sp³-hybridized carbons (Fsp3) is 0.538. The Bertz CT molecular complexity index is 365. The van der Waals surface area contributed by atoms with Crippen molar-refractivity contribution >= 4 is 23.2 Å². The SMILES string of the molecule is COc1cc(C2CCCC(Cl)C2)ccc1Cl. The molecule has 2 atom stereocenters. The monoisotopic (exact) mass is 258 g/mol. The Labute approximate surface area is 107 Å². The van der Waals surface area contributed by atoms with Gasteiger partial charge in [-0.15, -0.1) is 11.6 Å². The molecule has 1 aliphatic rings. The van der Waals surface area contributed by atoms with Gasteiger partial charge in [0.1, 0.15) is 5.75 Å². The fourth-order valence-corrected chi connectivity index (χ4v) is 2.93. The third kappa shape index (κ3) is 2.64. The Morgan fingerprint density at radius 3 is 2.81 bits per heavy atom. The highest BCUT2D eigenvalue weighted by Crippen LogP contribution is 2.37. The van der Waals surface area contributed by atoms with E-state index in [1.54, 1.807) is 7.11 Å². The summed E-state index contributed by atoms with van der Waals surface area (Å²) in [5, 5.41) is 0.991.